The number of benzene rings is 14. The van der Waals surface area contributed by atoms with E-state index in [0.29, 0.717) is 161 Å². The van der Waals surface area contributed by atoms with Gasteiger partial charge in [-0.05, 0) is 259 Å². The van der Waals surface area contributed by atoms with E-state index in [1.165, 1.54) is 12.1 Å². The molecule has 2 unspecified atom stereocenters. The maximum atomic E-state index is 17.5. The van der Waals surface area contributed by atoms with Gasteiger partial charge in [-0.1, -0.05) is 186 Å². The lowest BCUT2D eigenvalue weighted by Crippen LogP contribution is -2.31. The first-order chi connectivity index (χ1) is 54.4. The number of halogens is 8. The molecular weight excluding hydrogens is 1430 g/mol. The highest BCUT2D eigenvalue weighted by atomic mass is 19.2. The Bertz CT molecular complexity index is 5840. The zero-order valence-corrected chi connectivity index (χ0v) is 62.8. The van der Waals surface area contributed by atoms with Crippen molar-refractivity contribution in [1.82, 2.24) is 0 Å². The fourth-order valence-electron chi connectivity index (χ4n) is 19.2. The monoisotopic (exact) mass is 1500 g/mol. The van der Waals surface area contributed by atoms with Gasteiger partial charge in [0.2, 0.25) is 0 Å². The van der Waals surface area contributed by atoms with Gasteiger partial charge in [0, 0.05) is 74.9 Å². The van der Waals surface area contributed by atoms with Crippen molar-refractivity contribution >= 4 is 46.3 Å². The summed E-state index contributed by atoms with van der Waals surface area (Å²) >= 11 is 0. The summed E-state index contributed by atoms with van der Waals surface area (Å²) in [5.41, 5.74) is 10.0. The van der Waals surface area contributed by atoms with Gasteiger partial charge in [0.15, 0.2) is 0 Å². The average molecular weight is 1500 g/mol. The Labute approximate surface area is 651 Å². The summed E-state index contributed by atoms with van der Waals surface area (Å²) in [4.78, 5) is 3.96. The molecule has 12 heteroatoms. The van der Waals surface area contributed by atoms with Gasteiger partial charge in [-0.25, -0.2) is 35.1 Å². The van der Waals surface area contributed by atoms with Crippen molar-refractivity contribution in [2.24, 2.45) is 0 Å². The second-order valence-corrected chi connectivity index (χ2v) is 31.5. The van der Waals surface area contributed by atoms with Crippen LogP contribution in [0.2, 0.25) is 0 Å². The third kappa shape index (κ3) is 11.4. The number of ether oxygens (including phenoxy) is 2. The van der Waals surface area contributed by atoms with Gasteiger partial charge in [-0.15, -0.1) is 0 Å². The van der Waals surface area contributed by atoms with Crippen LogP contribution in [-0.4, -0.2) is 0 Å². The first-order valence-electron chi connectivity index (χ1n) is 37.7. The van der Waals surface area contributed by atoms with Crippen LogP contribution in [0.3, 0.4) is 0 Å². The standard InChI is InChI=1S/C101H74F8N2O2/c1-9-61-21-35-73(36-22-61)112-75-39-25-63(26-40-75)100(95-91(106)47-65(102)48-92(95)107)81-17-13-11-15-77(81)79-43-31-67(51-85(79)100)110(71-29-19-59(3)89(104)55-71)69-33-45-83-87(53-69)99(57-97(83,5)6)58-98(7,8)84-46-34-70(54-88(84)99)111(72-30-20-60(4)90(105)56-72)68-32-44-80-78-16-12-14-18-82(78)101(86(80)52-68,96-93(108)49-66(103)50-94(96)109)64-27-41-76(42-28-64)113-74-37-23-62(10-2)24-38-74/h9-56H,1-2,57-58H2,3-8H3. The van der Waals surface area contributed by atoms with Gasteiger partial charge in [-0.2, -0.15) is 0 Å². The van der Waals surface area contributed by atoms with Crippen LogP contribution < -0.4 is 19.3 Å². The predicted octanol–water partition coefficient (Wildman–Crippen LogP) is 27.6. The quantitative estimate of drug-likeness (QED) is 0.0900. The molecule has 0 saturated heterocycles. The summed E-state index contributed by atoms with van der Waals surface area (Å²) in [5.74, 6) is -5.41. The van der Waals surface area contributed by atoms with E-state index in [1.54, 1.807) is 86.7 Å². The van der Waals surface area contributed by atoms with Crippen molar-refractivity contribution in [3.63, 3.8) is 0 Å². The third-order valence-corrected chi connectivity index (χ3v) is 23.9. The zero-order valence-electron chi connectivity index (χ0n) is 62.8. The number of aryl methyl sites for hydroxylation is 2. The number of fused-ring (bicyclic) bond motifs is 10. The highest BCUT2D eigenvalue weighted by molar-refractivity contribution is 5.92. The van der Waals surface area contributed by atoms with Gasteiger partial charge in [0.1, 0.15) is 69.5 Å². The molecule has 0 saturated carbocycles. The van der Waals surface area contributed by atoms with E-state index in [-0.39, 0.29) is 11.1 Å². The van der Waals surface area contributed by atoms with Crippen LogP contribution in [0, 0.1) is 60.4 Å². The Morgan fingerprint density at radius 2 is 0.602 bits per heavy atom. The second kappa shape index (κ2) is 26.7. The Hall–Kier alpha value is -12.8. The molecule has 2 atom stereocenters. The maximum absolute atomic E-state index is 17.5. The van der Waals surface area contributed by atoms with E-state index in [2.05, 4.69) is 65.1 Å². The smallest absolute Gasteiger partial charge is 0.133 e. The molecule has 0 amide bonds. The Morgan fingerprint density at radius 3 is 0.947 bits per heavy atom. The Balaban J connectivity index is 0.810. The number of hydrogen-bond acceptors (Lipinski definition) is 4. The lowest BCUT2D eigenvalue weighted by molar-refractivity contribution is 0.349. The van der Waals surface area contributed by atoms with Crippen LogP contribution >= 0.6 is 0 Å². The number of nitrogens with zero attached hydrogens (tertiary/aromatic N) is 2. The van der Waals surface area contributed by atoms with Crippen LogP contribution in [0.15, 0.2) is 292 Å². The van der Waals surface area contributed by atoms with Gasteiger partial charge in [0.25, 0.3) is 0 Å². The summed E-state index contributed by atoms with van der Waals surface area (Å²) in [7, 11) is 0. The Morgan fingerprint density at radius 1 is 0.301 bits per heavy atom. The SMILES string of the molecule is C=Cc1ccc(Oc2ccc(C3(c4c(F)cc(F)cc4F)c4ccccc4-c4ccc(N(c5ccc(C)c(F)c5)c5ccc6c(c5)C5(CC6(C)C)CC(C)(C)c6ccc(N(c7ccc(C)c(F)c7)c7ccc8c(c7)C(c7ccc(Oc9ccc(C=C)cc9)cc7)(c7c(F)cc(F)cc7F)c7ccccc7-8)cc65)cc43)cc2)cc1. The van der Waals surface area contributed by atoms with E-state index >= 15 is 35.1 Å². The van der Waals surface area contributed by atoms with Crippen LogP contribution in [0.1, 0.15) is 130 Å². The maximum Gasteiger partial charge on any atom is 0.133 e. The molecule has 0 fully saturated rings. The van der Waals surface area contributed by atoms with Gasteiger partial charge in [-0.3, -0.25) is 0 Å². The van der Waals surface area contributed by atoms with Gasteiger partial charge < -0.3 is 19.3 Å². The summed E-state index contributed by atoms with van der Waals surface area (Å²) < 4.78 is 147. The van der Waals surface area contributed by atoms with Crippen LogP contribution in [0.4, 0.5) is 69.2 Å². The van der Waals surface area contributed by atoms with Crippen molar-refractivity contribution in [2.45, 2.75) is 81.5 Å². The lowest BCUT2D eigenvalue weighted by atomic mass is 9.67. The minimum Gasteiger partial charge on any atom is -0.457 e. The third-order valence-electron chi connectivity index (χ3n) is 23.9. The van der Waals surface area contributed by atoms with E-state index < -0.39 is 73.6 Å². The number of hydrogen-bond donors (Lipinski definition) is 0. The zero-order chi connectivity index (χ0) is 78.4. The van der Waals surface area contributed by atoms with E-state index in [4.69, 9.17) is 9.47 Å². The summed E-state index contributed by atoms with van der Waals surface area (Å²) in [5, 5.41) is 0. The number of anilines is 6. The molecule has 0 heterocycles. The van der Waals surface area contributed by atoms with Gasteiger partial charge in [0.05, 0.1) is 10.8 Å². The average Bonchev–Trinajstić information content (AvgIpc) is 1.51. The molecule has 4 aliphatic carbocycles. The largest absolute Gasteiger partial charge is 0.457 e. The van der Waals surface area contributed by atoms with Crippen molar-refractivity contribution in [2.75, 3.05) is 9.80 Å². The van der Waals surface area contributed by atoms with Crippen molar-refractivity contribution < 1.29 is 44.6 Å². The van der Waals surface area contributed by atoms with Gasteiger partial charge >= 0.3 is 0 Å². The molecular formula is C101H74F8N2O2. The second-order valence-electron chi connectivity index (χ2n) is 31.5. The minimum absolute atomic E-state index is 0.385. The molecule has 0 radical (unpaired) electrons. The van der Waals surface area contributed by atoms with E-state index in [1.807, 2.05) is 168 Å². The summed E-state index contributed by atoms with van der Waals surface area (Å²) in [6.07, 6.45) is 4.77. The highest BCUT2D eigenvalue weighted by Crippen LogP contribution is 2.66. The van der Waals surface area contributed by atoms with Crippen molar-refractivity contribution in [3.05, 3.63) is 428 Å². The summed E-state index contributed by atoms with van der Waals surface area (Å²) in [6.45, 7) is 20.1. The first kappa shape index (κ1) is 71.8. The molecule has 0 N–H and O–H groups in total. The number of rotatable bonds is 16. The molecule has 14 aromatic carbocycles. The molecule has 4 aliphatic rings. The minimum atomic E-state index is -1.76. The van der Waals surface area contributed by atoms with Crippen LogP contribution in [0.5, 0.6) is 23.0 Å². The molecule has 0 bridgehead atoms. The predicted molar refractivity (Wildman–Crippen MR) is 435 cm³/mol. The molecule has 18 rings (SSSR count). The molecule has 556 valence electrons. The highest BCUT2D eigenvalue weighted by Gasteiger charge is 2.58. The Kier molecular flexibility index (Phi) is 17.0. The van der Waals surface area contributed by atoms with Crippen molar-refractivity contribution in [3.8, 4) is 45.3 Å². The van der Waals surface area contributed by atoms with Crippen LogP contribution in [0.25, 0.3) is 34.4 Å². The van der Waals surface area contributed by atoms with E-state index in [9.17, 15) is 0 Å². The molecule has 113 heavy (non-hydrogen) atoms. The molecule has 14 aromatic rings. The molecule has 4 nitrogen and oxygen atoms in total. The first-order valence-corrected chi connectivity index (χ1v) is 37.7. The fourth-order valence-corrected chi connectivity index (χ4v) is 19.2. The van der Waals surface area contributed by atoms with Crippen molar-refractivity contribution in [1.29, 1.82) is 0 Å². The van der Waals surface area contributed by atoms with E-state index in [0.717, 1.165) is 33.4 Å². The topological polar surface area (TPSA) is 24.9 Å². The lowest BCUT2D eigenvalue weighted by Gasteiger charge is -2.36. The normalized spacial score (nSPS) is 17.5. The summed E-state index contributed by atoms with van der Waals surface area (Å²) in [6, 6.07) is 81.3. The van der Waals surface area contributed by atoms with Crippen LogP contribution in [-0.2, 0) is 27.1 Å². The molecule has 1 spiro atoms. The molecule has 0 aromatic heterocycles. The molecule has 0 aliphatic heterocycles. The fraction of sp³-hybridized carbons (Fsp3) is 0.129.